The molecule has 0 radical (unpaired) electrons. The lowest BCUT2D eigenvalue weighted by Gasteiger charge is -2.55. The molecule has 0 bridgehead atoms. The summed E-state index contributed by atoms with van der Waals surface area (Å²) in [5.74, 6) is 1.96. The second-order valence-corrected chi connectivity index (χ2v) is 7.14. The van der Waals surface area contributed by atoms with E-state index in [0.29, 0.717) is 18.3 Å². The summed E-state index contributed by atoms with van der Waals surface area (Å²) in [5, 5.41) is 3.33. The van der Waals surface area contributed by atoms with Gasteiger partial charge in [-0.25, -0.2) is 0 Å². The molecule has 124 valence electrons. The standard InChI is InChI=1S/C21H24N2O/c24-19(14-16-10-6-7-13-22-16)23-21-18-12-5-4-11-17(18)20(21)15-8-2-1-3-9-15/h1-3,6-10,13,17-18,20-21H,4-5,11-12,14H2,(H,23,24)/t17-,18+,20+,21+/m1/s1. The Bertz CT molecular complexity index is 685. The highest BCUT2D eigenvalue weighted by Crippen LogP contribution is 2.54. The molecular weight excluding hydrogens is 296 g/mol. The number of carbonyl (C=O) groups excluding carboxylic acids is 1. The Morgan fingerprint density at radius 3 is 2.50 bits per heavy atom. The van der Waals surface area contributed by atoms with Crippen molar-refractivity contribution in [1.82, 2.24) is 10.3 Å². The molecular formula is C21H24N2O. The molecule has 2 saturated carbocycles. The molecule has 1 aromatic carbocycles. The molecule has 3 nitrogen and oxygen atoms in total. The number of nitrogens with one attached hydrogen (secondary N) is 1. The first-order valence-corrected chi connectivity index (χ1v) is 9.07. The molecule has 24 heavy (non-hydrogen) atoms. The van der Waals surface area contributed by atoms with Gasteiger partial charge < -0.3 is 5.32 Å². The van der Waals surface area contributed by atoms with Crippen molar-refractivity contribution < 1.29 is 4.79 Å². The van der Waals surface area contributed by atoms with Gasteiger partial charge in [0.2, 0.25) is 5.91 Å². The van der Waals surface area contributed by atoms with Crippen LogP contribution in [0.4, 0.5) is 0 Å². The zero-order valence-corrected chi connectivity index (χ0v) is 13.9. The lowest BCUT2D eigenvalue weighted by Crippen LogP contribution is -2.59. The van der Waals surface area contributed by atoms with Crippen LogP contribution >= 0.6 is 0 Å². The number of rotatable bonds is 4. The van der Waals surface area contributed by atoms with Gasteiger partial charge in [-0.15, -0.1) is 0 Å². The van der Waals surface area contributed by atoms with Crippen LogP contribution in [0, 0.1) is 11.8 Å². The summed E-state index contributed by atoms with van der Waals surface area (Å²) in [4.78, 5) is 16.8. The van der Waals surface area contributed by atoms with Gasteiger partial charge in [0.25, 0.3) is 0 Å². The Hall–Kier alpha value is -2.16. The van der Waals surface area contributed by atoms with E-state index in [2.05, 4.69) is 40.6 Å². The molecule has 4 atom stereocenters. The minimum absolute atomic E-state index is 0.101. The van der Waals surface area contributed by atoms with E-state index in [4.69, 9.17) is 0 Å². The largest absolute Gasteiger partial charge is 0.352 e. The van der Waals surface area contributed by atoms with Crippen molar-refractivity contribution >= 4 is 5.91 Å². The highest BCUT2D eigenvalue weighted by molar-refractivity contribution is 5.78. The van der Waals surface area contributed by atoms with Crippen LogP contribution in [-0.2, 0) is 11.2 Å². The molecule has 0 saturated heterocycles. The van der Waals surface area contributed by atoms with Crippen molar-refractivity contribution in [1.29, 1.82) is 0 Å². The predicted octanol–water partition coefficient (Wildman–Crippen LogP) is 3.71. The molecule has 2 aliphatic carbocycles. The molecule has 0 unspecified atom stereocenters. The van der Waals surface area contributed by atoms with Gasteiger partial charge in [0, 0.05) is 23.9 Å². The fraction of sp³-hybridized carbons (Fsp3) is 0.429. The Kier molecular flexibility index (Phi) is 4.33. The maximum atomic E-state index is 12.5. The van der Waals surface area contributed by atoms with Gasteiger partial charge >= 0.3 is 0 Å². The smallest absolute Gasteiger partial charge is 0.226 e. The fourth-order valence-corrected chi connectivity index (χ4v) is 4.70. The number of hydrogen-bond donors (Lipinski definition) is 1. The van der Waals surface area contributed by atoms with E-state index in [9.17, 15) is 4.79 Å². The molecule has 2 fully saturated rings. The van der Waals surface area contributed by atoms with Gasteiger partial charge in [-0.1, -0.05) is 49.2 Å². The number of aromatic nitrogens is 1. The normalized spacial score (nSPS) is 28.5. The van der Waals surface area contributed by atoms with Crippen LogP contribution in [0.1, 0.15) is 42.9 Å². The van der Waals surface area contributed by atoms with Crippen molar-refractivity contribution in [2.75, 3.05) is 0 Å². The molecule has 1 amide bonds. The van der Waals surface area contributed by atoms with Crippen LogP contribution in [0.3, 0.4) is 0 Å². The summed E-state index contributed by atoms with van der Waals surface area (Å²) in [6, 6.07) is 16.7. The van der Waals surface area contributed by atoms with Crippen molar-refractivity contribution in [3.05, 3.63) is 66.0 Å². The van der Waals surface area contributed by atoms with Gasteiger partial charge in [0.15, 0.2) is 0 Å². The Balaban J connectivity index is 1.48. The Labute approximate surface area is 143 Å². The third kappa shape index (κ3) is 2.95. The average Bonchev–Trinajstić information content (AvgIpc) is 2.62. The zero-order chi connectivity index (χ0) is 16.4. The molecule has 2 aromatic rings. The predicted molar refractivity (Wildman–Crippen MR) is 94.5 cm³/mol. The molecule has 1 N–H and O–H groups in total. The molecule has 0 spiro atoms. The third-order valence-corrected chi connectivity index (χ3v) is 5.76. The molecule has 4 rings (SSSR count). The van der Waals surface area contributed by atoms with E-state index in [1.54, 1.807) is 6.20 Å². The number of benzene rings is 1. The summed E-state index contributed by atoms with van der Waals surface area (Å²) < 4.78 is 0. The number of pyridine rings is 1. The summed E-state index contributed by atoms with van der Waals surface area (Å²) in [6.45, 7) is 0. The molecule has 3 heteroatoms. The number of carbonyl (C=O) groups is 1. The maximum absolute atomic E-state index is 12.5. The van der Waals surface area contributed by atoms with Gasteiger partial charge in [0.05, 0.1) is 6.42 Å². The number of nitrogens with zero attached hydrogens (tertiary/aromatic N) is 1. The highest BCUT2D eigenvalue weighted by atomic mass is 16.1. The topological polar surface area (TPSA) is 42.0 Å². The minimum atomic E-state index is 0.101. The fourth-order valence-electron chi connectivity index (χ4n) is 4.70. The zero-order valence-electron chi connectivity index (χ0n) is 13.9. The van der Waals surface area contributed by atoms with Gasteiger partial charge in [0.1, 0.15) is 0 Å². The number of hydrogen-bond acceptors (Lipinski definition) is 2. The number of amides is 1. The molecule has 1 heterocycles. The lowest BCUT2D eigenvalue weighted by atomic mass is 9.53. The quantitative estimate of drug-likeness (QED) is 0.933. The Morgan fingerprint density at radius 1 is 1.00 bits per heavy atom. The SMILES string of the molecule is O=C(Cc1ccccn1)N[C@H]1[C@H]2CCCC[C@H]2[C@@H]1c1ccccc1. The van der Waals surface area contributed by atoms with Gasteiger partial charge in [-0.05, 0) is 42.4 Å². The second kappa shape index (κ2) is 6.76. The van der Waals surface area contributed by atoms with E-state index in [0.717, 1.165) is 11.6 Å². The van der Waals surface area contributed by atoms with E-state index in [-0.39, 0.29) is 11.9 Å². The van der Waals surface area contributed by atoms with Crippen molar-refractivity contribution in [2.24, 2.45) is 11.8 Å². The molecule has 0 aliphatic heterocycles. The van der Waals surface area contributed by atoms with E-state index < -0.39 is 0 Å². The Morgan fingerprint density at radius 2 is 1.75 bits per heavy atom. The average molecular weight is 320 g/mol. The lowest BCUT2D eigenvalue weighted by molar-refractivity contribution is -0.124. The van der Waals surface area contributed by atoms with Crippen LogP contribution < -0.4 is 5.32 Å². The van der Waals surface area contributed by atoms with Crippen molar-refractivity contribution in [2.45, 2.75) is 44.1 Å². The highest BCUT2D eigenvalue weighted by Gasteiger charge is 2.51. The van der Waals surface area contributed by atoms with Gasteiger partial charge in [-0.2, -0.15) is 0 Å². The minimum Gasteiger partial charge on any atom is -0.352 e. The third-order valence-electron chi connectivity index (χ3n) is 5.76. The summed E-state index contributed by atoms with van der Waals surface area (Å²) in [7, 11) is 0. The maximum Gasteiger partial charge on any atom is 0.226 e. The summed E-state index contributed by atoms with van der Waals surface area (Å²) in [5.41, 5.74) is 2.22. The van der Waals surface area contributed by atoms with Crippen LogP contribution in [0.5, 0.6) is 0 Å². The van der Waals surface area contributed by atoms with Crippen molar-refractivity contribution in [3.8, 4) is 0 Å². The van der Waals surface area contributed by atoms with E-state index in [1.165, 1.54) is 31.2 Å². The van der Waals surface area contributed by atoms with Crippen LogP contribution in [0.25, 0.3) is 0 Å². The summed E-state index contributed by atoms with van der Waals surface area (Å²) >= 11 is 0. The van der Waals surface area contributed by atoms with E-state index in [1.807, 2.05) is 18.2 Å². The van der Waals surface area contributed by atoms with Crippen LogP contribution in [0.2, 0.25) is 0 Å². The monoisotopic (exact) mass is 320 g/mol. The van der Waals surface area contributed by atoms with Gasteiger partial charge in [-0.3, -0.25) is 9.78 Å². The first kappa shape index (κ1) is 15.4. The second-order valence-electron chi connectivity index (χ2n) is 7.14. The summed E-state index contributed by atoms with van der Waals surface area (Å²) in [6.07, 6.45) is 7.31. The van der Waals surface area contributed by atoms with Crippen molar-refractivity contribution in [3.63, 3.8) is 0 Å². The molecule has 2 aliphatic rings. The number of fused-ring (bicyclic) bond motifs is 1. The van der Waals surface area contributed by atoms with Crippen LogP contribution in [-0.4, -0.2) is 16.9 Å². The first-order valence-electron chi connectivity index (χ1n) is 9.07. The first-order chi connectivity index (χ1) is 11.8. The molecule has 1 aromatic heterocycles. The van der Waals surface area contributed by atoms with Crippen LogP contribution in [0.15, 0.2) is 54.7 Å². The van der Waals surface area contributed by atoms with E-state index >= 15 is 0 Å².